The van der Waals surface area contributed by atoms with Crippen LogP contribution in [0.2, 0.25) is 0 Å². The maximum absolute atomic E-state index is 11.3. The Hall–Kier alpha value is -2.38. The molecule has 0 aliphatic carbocycles. The van der Waals surface area contributed by atoms with Gasteiger partial charge in [0.2, 0.25) is 5.82 Å². The van der Waals surface area contributed by atoms with Crippen molar-refractivity contribution >= 4 is 5.82 Å². The van der Waals surface area contributed by atoms with Crippen LogP contribution in [0.25, 0.3) is 0 Å². The van der Waals surface area contributed by atoms with Crippen molar-refractivity contribution in [3.63, 3.8) is 0 Å². The zero-order chi connectivity index (χ0) is 12.3. The van der Waals surface area contributed by atoms with Crippen LogP contribution in [0, 0.1) is 0 Å². The van der Waals surface area contributed by atoms with Crippen molar-refractivity contribution in [2.75, 3.05) is 11.9 Å². The number of hydrogen-bond donors (Lipinski definition) is 3. The van der Waals surface area contributed by atoms with Gasteiger partial charge in [-0.25, -0.2) is 14.9 Å². The van der Waals surface area contributed by atoms with E-state index < -0.39 is 11.2 Å². The number of hydrogen-bond acceptors (Lipinski definition) is 5. The molecule has 2 rings (SSSR count). The van der Waals surface area contributed by atoms with Crippen LogP contribution < -0.4 is 16.6 Å². The Bertz CT molecular complexity index is 610. The molecule has 2 aromatic heterocycles. The van der Waals surface area contributed by atoms with E-state index in [0.717, 1.165) is 5.82 Å². The van der Waals surface area contributed by atoms with Gasteiger partial charge in [0.15, 0.2) is 0 Å². The van der Waals surface area contributed by atoms with Crippen LogP contribution >= 0.6 is 0 Å². The van der Waals surface area contributed by atoms with E-state index in [0.29, 0.717) is 13.0 Å². The van der Waals surface area contributed by atoms with Crippen molar-refractivity contribution in [2.24, 2.45) is 7.05 Å². The SMILES string of the molecule is Cn1ccnc1CCNc1n[nH]c(=O)[nH]c1=O. The van der Waals surface area contributed by atoms with Crippen molar-refractivity contribution in [1.29, 1.82) is 0 Å². The summed E-state index contributed by atoms with van der Waals surface area (Å²) in [6.45, 7) is 0.507. The summed E-state index contributed by atoms with van der Waals surface area (Å²) in [4.78, 5) is 28.2. The minimum Gasteiger partial charge on any atom is -0.364 e. The second kappa shape index (κ2) is 4.64. The molecule has 2 aromatic rings. The van der Waals surface area contributed by atoms with Crippen LogP contribution in [0.1, 0.15) is 5.82 Å². The fraction of sp³-hybridized carbons (Fsp3) is 0.333. The Morgan fingerprint density at radius 1 is 1.47 bits per heavy atom. The maximum atomic E-state index is 11.3. The lowest BCUT2D eigenvalue weighted by atomic mass is 10.4. The van der Waals surface area contributed by atoms with Gasteiger partial charge in [0, 0.05) is 32.4 Å². The molecule has 0 amide bonds. The molecule has 0 radical (unpaired) electrons. The van der Waals surface area contributed by atoms with Gasteiger partial charge in [-0.15, -0.1) is 5.10 Å². The third-order valence-electron chi connectivity index (χ3n) is 2.27. The Morgan fingerprint density at radius 3 is 2.94 bits per heavy atom. The number of anilines is 1. The van der Waals surface area contributed by atoms with E-state index in [9.17, 15) is 9.59 Å². The van der Waals surface area contributed by atoms with Gasteiger partial charge < -0.3 is 9.88 Å². The van der Waals surface area contributed by atoms with Crippen molar-refractivity contribution in [3.8, 4) is 0 Å². The molecule has 0 saturated carbocycles. The molecule has 0 saturated heterocycles. The Balaban J connectivity index is 1.97. The van der Waals surface area contributed by atoms with Crippen LogP contribution in [-0.4, -0.2) is 31.3 Å². The predicted octanol–water partition coefficient (Wildman–Crippen LogP) is -1.15. The number of imidazole rings is 1. The van der Waals surface area contributed by atoms with Crippen LogP contribution in [0.3, 0.4) is 0 Å². The fourth-order valence-electron chi connectivity index (χ4n) is 1.40. The lowest BCUT2D eigenvalue weighted by Gasteiger charge is -2.03. The minimum absolute atomic E-state index is 0.0961. The summed E-state index contributed by atoms with van der Waals surface area (Å²) in [5.74, 6) is 0.997. The van der Waals surface area contributed by atoms with E-state index in [1.54, 1.807) is 6.20 Å². The molecule has 3 N–H and O–H groups in total. The van der Waals surface area contributed by atoms with Crippen LogP contribution in [0.5, 0.6) is 0 Å². The minimum atomic E-state index is -0.621. The Kier molecular flexibility index (Phi) is 3.03. The van der Waals surface area contributed by atoms with E-state index in [1.807, 2.05) is 17.8 Å². The topological polar surface area (TPSA) is 108 Å². The van der Waals surface area contributed by atoms with Crippen LogP contribution in [0.15, 0.2) is 22.0 Å². The van der Waals surface area contributed by atoms with Gasteiger partial charge in [-0.1, -0.05) is 0 Å². The highest BCUT2D eigenvalue weighted by Crippen LogP contribution is 1.96. The highest BCUT2D eigenvalue weighted by atomic mass is 16.2. The Labute approximate surface area is 95.7 Å². The third kappa shape index (κ3) is 2.60. The molecule has 0 bridgehead atoms. The molecule has 0 aromatic carbocycles. The lowest BCUT2D eigenvalue weighted by molar-refractivity contribution is 0.784. The second-order valence-electron chi connectivity index (χ2n) is 3.49. The molecular weight excluding hydrogens is 224 g/mol. The zero-order valence-corrected chi connectivity index (χ0v) is 9.23. The first-order chi connectivity index (χ1) is 8.16. The van der Waals surface area contributed by atoms with E-state index >= 15 is 0 Å². The molecule has 8 nitrogen and oxygen atoms in total. The highest BCUT2D eigenvalue weighted by molar-refractivity contribution is 5.28. The number of aromatic amines is 2. The molecule has 2 heterocycles. The summed E-state index contributed by atoms with van der Waals surface area (Å²) >= 11 is 0. The number of H-pyrrole nitrogens is 2. The third-order valence-corrected chi connectivity index (χ3v) is 2.27. The number of rotatable bonds is 4. The summed E-state index contributed by atoms with van der Waals surface area (Å²) in [7, 11) is 1.90. The largest absolute Gasteiger partial charge is 0.364 e. The van der Waals surface area contributed by atoms with E-state index in [-0.39, 0.29) is 5.82 Å². The van der Waals surface area contributed by atoms with Gasteiger partial charge in [-0.3, -0.25) is 9.78 Å². The lowest BCUT2D eigenvalue weighted by Crippen LogP contribution is -2.27. The second-order valence-corrected chi connectivity index (χ2v) is 3.49. The molecule has 0 fully saturated rings. The number of nitrogens with one attached hydrogen (secondary N) is 3. The molecule has 0 atom stereocenters. The summed E-state index contributed by atoms with van der Waals surface area (Å²) < 4.78 is 1.90. The molecular formula is C9H12N6O2. The first-order valence-electron chi connectivity index (χ1n) is 5.06. The number of aryl methyl sites for hydroxylation is 1. The van der Waals surface area contributed by atoms with Gasteiger partial charge in [-0.2, -0.15) is 0 Å². The van der Waals surface area contributed by atoms with Crippen LogP contribution in [-0.2, 0) is 13.5 Å². The standard InChI is InChI=1S/C9H12N6O2/c1-15-5-4-10-6(15)2-3-11-7-8(16)12-9(17)14-13-7/h4-5H,2-3H2,1H3,(H,11,13)(H2,12,14,16,17). The summed E-state index contributed by atoms with van der Waals surface area (Å²) in [6, 6.07) is 0. The number of nitrogens with zero attached hydrogens (tertiary/aromatic N) is 3. The average molecular weight is 236 g/mol. The monoisotopic (exact) mass is 236 g/mol. The van der Waals surface area contributed by atoms with Crippen molar-refractivity contribution in [3.05, 3.63) is 39.1 Å². The van der Waals surface area contributed by atoms with E-state index in [1.165, 1.54) is 0 Å². The first-order valence-corrected chi connectivity index (χ1v) is 5.06. The van der Waals surface area contributed by atoms with Gasteiger partial charge in [0.25, 0.3) is 5.56 Å². The van der Waals surface area contributed by atoms with Crippen molar-refractivity contribution < 1.29 is 0 Å². The quantitative estimate of drug-likeness (QED) is 0.621. The smallest absolute Gasteiger partial charge is 0.342 e. The van der Waals surface area contributed by atoms with Crippen molar-refractivity contribution in [1.82, 2.24) is 24.7 Å². The first kappa shape index (κ1) is 11.1. The maximum Gasteiger partial charge on any atom is 0.342 e. The molecule has 0 unspecified atom stereocenters. The average Bonchev–Trinajstić information content (AvgIpc) is 2.68. The van der Waals surface area contributed by atoms with Gasteiger partial charge >= 0.3 is 5.69 Å². The summed E-state index contributed by atoms with van der Waals surface area (Å²) in [6.07, 6.45) is 4.21. The fourth-order valence-corrected chi connectivity index (χ4v) is 1.40. The predicted molar refractivity (Wildman–Crippen MR) is 60.9 cm³/mol. The van der Waals surface area contributed by atoms with Crippen molar-refractivity contribution in [2.45, 2.75) is 6.42 Å². The Morgan fingerprint density at radius 2 is 2.29 bits per heavy atom. The van der Waals surface area contributed by atoms with Gasteiger partial charge in [0.05, 0.1) is 0 Å². The molecule has 0 aliphatic rings. The van der Waals surface area contributed by atoms with E-state index in [2.05, 4.69) is 25.5 Å². The molecule has 0 aliphatic heterocycles. The molecule has 90 valence electrons. The van der Waals surface area contributed by atoms with Crippen LogP contribution in [0.4, 0.5) is 5.82 Å². The van der Waals surface area contributed by atoms with Gasteiger partial charge in [0.1, 0.15) is 5.82 Å². The normalized spacial score (nSPS) is 10.4. The van der Waals surface area contributed by atoms with Gasteiger partial charge in [-0.05, 0) is 0 Å². The summed E-state index contributed by atoms with van der Waals surface area (Å²) in [5, 5.41) is 8.58. The van der Waals surface area contributed by atoms with E-state index in [4.69, 9.17) is 0 Å². The molecule has 17 heavy (non-hydrogen) atoms. The molecule has 0 spiro atoms. The highest BCUT2D eigenvalue weighted by Gasteiger charge is 2.02. The summed E-state index contributed by atoms with van der Waals surface area (Å²) in [5.41, 5.74) is -1.15. The zero-order valence-electron chi connectivity index (χ0n) is 9.23. The molecule has 8 heteroatoms. The number of aromatic nitrogens is 5.